The predicted molar refractivity (Wildman–Crippen MR) is 103 cm³/mol. The molecule has 7 nitrogen and oxygen atoms in total. The molecule has 8 heteroatoms. The average molecular weight is 380 g/mol. The Morgan fingerprint density at radius 3 is 2.79 bits per heavy atom. The number of nitrogens with one attached hydrogen (secondary N) is 1. The number of benzene rings is 1. The van der Waals surface area contributed by atoms with Crippen molar-refractivity contribution in [3.8, 4) is 5.75 Å². The van der Waals surface area contributed by atoms with Crippen molar-refractivity contribution in [1.82, 2.24) is 14.0 Å². The molecule has 4 aromatic rings. The second kappa shape index (κ2) is 7.15. The number of hydrogen-bond acceptors (Lipinski definition) is 4. The van der Waals surface area contributed by atoms with Crippen molar-refractivity contribution in [1.29, 1.82) is 0 Å². The molecule has 0 unspecified atom stereocenters. The average Bonchev–Trinajstić information content (AvgIpc) is 3.18. The highest BCUT2D eigenvalue weighted by molar-refractivity contribution is 5.89. The molecule has 28 heavy (non-hydrogen) atoms. The van der Waals surface area contributed by atoms with Gasteiger partial charge in [-0.2, -0.15) is 0 Å². The number of methoxy groups -OCH3 is 1. The summed E-state index contributed by atoms with van der Waals surface area (Å²) in [5.74, 6) is 0.220. The van der Waals surface area contributed by atoms with E-state index in [-0.39, 0.29) is 24.4 Å². The van der Waals surface area contributed by atoms with Gasteiger partial charge in [-0.1, -0.05) is 0 Å². The molecule has 0 fully saturated rings. The highest BCUT2D eigenvalue weighted by Gasteiger charge is 2.13. The van der Waals surface area contributed by atoms with Gasteiger partial charge in [0.05, 0.1) is 24.3 Å². The first-order chi connectivity index (χ1) is 13.6. The minimum Gasteiger partial charge on any atom is -0.495 e. The smallest absolute Gasteiger partial charge is 0.275 e. The summed E-state index contributed by atoms with van der Waals surface area (Å²) < 4.78 is 22.0. The van der Waals surface area contributed by atoms with Gasteiger partial charge in [-0.05, 0) is 42.5 Å². The first-order valence-electron chi connectivity index (χ1n) is 8.66. The first-order valence-corrected chi connectivity index (χ1v) is 8.66. The number of ether oxygens (including phenoxy) is 1. The third kappa shape index (κ3) is 3.20. The van der Waals surface area contributed by atoms with Gasteiger partial charge in [0.1, 0.15) is 22.9 Å². The Labute approximate surface area is 159 Å². The molecule has 1 amide bonds. The molecule has 0 saturated heterocycles. The van der Waals surface area contributed by atoms with Crippen LogP contribution in [0.15, 0.2) is 59.7 Å². The van der Waals surface area contributed by atoms with Gasteiger partial charge in [0, 0.05) is 19.2 Å². The van der Waals surface area contributed by atoms with E-state index in [1.807, 2.05) is 0 Å². The van der Waals surface area contributed by atoms with E-state index in [1.54, 1.807) is 40.9 Å². The maximum absolute atomic E-state index is 13.8. The SMILES string of the molecule is COc1ccc(NC(=O)CCn2c(=O)c3cccn3c3ccc(F)cc32)nc1. The molecular weight excluding hydrogens is 363 g/mol. The Bertz CT molecular complexity index is 1230. The number of hydrogen-bond donors (Lipinski definition) is 1. The first kappa shape index (κ1) is 17.7. The van der Waals surface area contributed by atoms with Crippen LogP contribution in [0, 0.1) is 5.82 Å². The van der Waals surface area contributed by atoms with E-state index in [0.29, 0.717) is 28.1 Å². The summed E-state index contributed by atoms with van der Waals surface area (Å²) in [6.07, 6.45) is 3.29. The van der Waals surface area contributed by atoms with Crippen molar-refractivity contribution >= 4 is 28.3 Å². The number of carbonyl (C=O) groups is 1. The topological polar surface area (TPSA) is 77.6 Å². The number of pyridine rings is 1. The van der Waals surface area contributed by atoms with Crippen LogP contribution in [-0.2, 0) is 11.3 Å². The molecule has 0 saturated carbocycles. The fraction of sp³-hybridized carbons (Fsp3) is 0.150. The van der Waals surface area contributed by atoms with Gasteiger partial charge in [0.25, 0.3) is 5.56 Å². The number of rotatable bonds is 5. The lowest BCUT2D eigenvalue weighted by Crippen LogP contribution is -2.25. The molecule has 0 bridgehead atoms. The van der Waals surface area contributed by atoms with Gasteiger partial charge in [-0.3, -0.25) is 9.59 Å². The second-order valence-electron chi connectivity index (χ2n) is 6.23. The summed E-state index contributed by atoms with van der Waals surface area (Å²) >= 11 is 0. The standard InChI is InChI=1S/C20H17FN4O3/c1-28-14-5-7-18(22-12-14)23-19(26)8-10-25-17-11-13(21)4-6-15(17)24-9-2-3-16(24)20(25)27/h2-7,9,11-12H,8,10H2,1H3,(H,22,23,26). The van der Waals surface area contributed by atoms with Crippen LogP contribution in [0.4, 0.5) is 10.2 Å². The monoisotopic (exact) mass is 380 g/mol. The van der Waals surface area contributed by atoms with Crippen molar-refractivity contribution in [2.75, 3.05) is 12.4 Å². The number of aromatic nitrogens is 3. The summed E-state index contributed by atoms with van der Waals surface area (Å²) in [6, 6.07) is 11.0. The third-order valence-corrected chi connectivity index (χ3v) is 4.50. The quantitative estimate of drug-likeness (QED) is 0.578. The minimum absolute atomic E-state index is 0.0378. The van der Waals surface area contributed by atoms with E-state index in [9.17, 15) is 14.0 Å². The Balaban J connectivity index is 1.61. The molecule has 0 aliphatic heterocycles. The van der Waals surface area contributed by atoms with Crippen LogP contribution in [0.1, 0.15) is 6.42 Å². The van der Waals surface area contributed by atoms with Gasteiger partial charge < -0.3 is 19.0 Å². The van der Waals surface area contributed by atoms with Crippen molar-refractivity contribution < 1.29 is 13.9 Å². The van der Waals surface area contributed by atoms with E-state index >= 15 is 0 Å². The predicted octanol–water partition coefficient (Wildman–Crippen LogP) is 2.83. The maximum Gasteiger partial charge on any atom is 0.275 e. The molecule has 1 N–H and O–H groups in total. The van der Waals surface area contributed by atoms with Gasteiger partial charge in [0.15, 0.2) is 0 Å². The summed E-state index contributed by atoms with van der Waals surface area (Å²) in [4.78, 5) is 29.2. The van der Waals surface area contributed by atoms with Gasteiger partial charge in [0.2, 0.25) is 5.91 Å². The van der Waals surface area contributed by atoms with Crippen LogP contribution in [0.2, 0.25) is 0 Å². The second-order valence-corrected chi connectivity index (χ2v) is 6.23. The summed E-state index contributed by atoms with van der Waals surface area (Å²) in [5.41, 5.74) is 1.32. The van der Waals surface area contributed by atoms with Crippen molar-refractivity contribution in [2.45, 2.75) is 13.0 Å². The van der Waals surface area contributed by atoms with E-state index in [1.165, 1.54) is 30.0 Å². The summed E-state index contributed by atoms with van der Waals surface area (Å²) in [5, 5.41) is 2.67. The molecule has 3 aromatic heterocycles. The summed E-state index contributed by atoms with van der Waals surface area (Å²) in [7, 11) is 1.53. The molecule has 4 rings (SSSR count). The number of nitrogens with zero attached hydrogens (tertiary/aromatic N) is 3. The largest absolute Gasteiger partial charge is 0.495 e. The van der Waals surface area contributed by atoms with Gasteiger partial charge >= 0.3 is 0 Å². The lowest BCUT2D eigenvalue weighted by molar-refractivity contribution is -0.116. The highest BCUT2D eigenvalue weighted by atomic mass is 19.1. The number of carbonyl (C=O) groups excluding carboxylic acids is 1. The molecule has 142 valence electrons. The van der Waals surface area contributed by atoms with Crippen LogP contribution in [0.3, 0.4) is 0 Å². The molecular formula is C20H17FN4O3. The summed E-state index contributed by atoms with van der Waals surface area (Å²) in [6.45, 7) is 0.114. The van der Waals surface area contributed by atoms with E-state index < -0.39 is 5.82 Å². The number of fused-ring (bicyclic) bond motifs is 3. The van der Waals surface area contributed by atoms with Crippen LogP contribution in [0.25, 0.3) is 16.6 Å². The molecule has 0 atom stereocenters. The number of aryl methyl sites for hydroxylation is 1. The van der Waals surface area contributed by atoms with Crippen LogP contribution in [-0.4, -0.2) is 27.0 Å². The van der Waals surface area contributed by atoms with E-state index in [2.05, 4.69) is 10.3 Å². The van der Waals surface area contributed by atoms with E-state index in [0.717, 1.165) is 0 Å². The zero-order valence-corrected chi connectivity index (χ0v) is 15.1. The molecule has 3 heterocycles. The van der Waals surface area contributed by atoms with Crippen molar-refractivity contribution in [3.05, 3.63) is 71.0 Å². The Morgan fingerprint density at radius 1 is 1.18 bits per heavy atom. The fourth-order valence-corrected chi connectivity index (χ4v) is 3.15. The number of anilines is 1. The number of amides is 1. The van der Waals surface area contributed by atoms with Gasteiger partial charge in [-0.25, -0.2) is 9.37 Å². The zero-order chi connectivity index (χ0) is 19.7. The molecule has 0 aliphatic rings. The van der Waals surface area contributed by atoms with Crippen molar-refractivity contribution in [3.63, 3.8) is 0 Å². The van der Waals surface area contributed by atoms with Crippen molar-refractivity contribution in [2.24, 2.45) is 0 Å². The molecule has 0 spiro atoms. The fourth-order valence-electron chi connectivity index (χ4n) is 3.15. The van der Waals surface area contributed by atoms with E-state index in [4.69, 9.17) is 4.74 Å². The normalized spacial score (nSPS) is 11.1. The number of halogens is 1. The Morgan fingerprint density at radius 2 is 2.04 bits per heavy atom. The highest BCUT2D eigenvalue weighted by Crippen LogP contribution is 2.17. The van der Waals surface area contributed by atoms with Crippen LogP contribution >= 0.6 is 0 Å². The van der Waals surface area contributed by atoms with Crippen LogP contribution in [0.5, 0.6) is 5.75 Å². The van der Waals surface area contributed by atoms with Crippen LogP contribution < -0.4 is 15.6 Å². The minimum atomic E-state index is -0.445. The molecule has 0 aliphatic carbocycles. The third-order valence-electron chi connectivity index (χ3n) is 4.50. The zero-order valence-electron chi connectivity index (χ0n) is 15.1. The molecule has 1 aromatic carbocycles. The molecule has 0 radical (unpaired) electrons. The Hall–Kier alpha value is -3.68. The lowest BCUT2D eigenvalue weighted by Gasteiger charge is -2.13. The lowest BCUT2D eigenvalue weighted by atomic mass is 10.2. The van der Waals surface area contributed by atoms with Gasteiger partial charge in [-0.15, -0.1) is 0 Å². The Kier molecular flexibility index (Phi) is 4.52. The maximum atomic E-state index is 13.8.